The number of carbonyl (C=O) groups excluding carboxylic acids is 4. The van der Waals surface area contributed by atoms with Crippen LogP contribution in [-0.4, -0.2) is 66.9 Å². The Kier molecular flexibility index (Phi) is 11.0. The highest BCUT2D eigenvalue weighted by atomic mass is 16.6. The molecule has 37 heavy (non-hydrogen) atoms. The van der Waals surface area contributed by atoms with Gasteiger partial charge in [0.25, 0.3) is 5.69 Å². The second-order valence-electron chi connectivity index (χ2n) is 7.69. The normalized spacial score (nSPS) is 12.8. The lowest BCUT2D eigenvalue weighted by Crippen LogP contribution is -2.55. The molecule has 0 aliphatic rings. The van der Waals surface area contributed by atoms with Crippen LogP contribution in [0.25, 0.3) is 0 Å². The Bertz CT molecular complexity index is 1090. The molecule has 0 saturated heterocycles. The van der Waals surface area contributed by atoms with Crippen LogP contribution in [0.1, 0.15) is 23.5 Å². The number of hydrogen-bond acceptors (Lipinski definition) is 10. The van der Waals surface area contributed by atoms with Crippen LogP contribution >= 0.6 is 0 Å². The number of ether oxygens (including phenoxy) is 3. The number of nitrogens with zero attached hydrogens (tertiary/aromatic N) is 1. The van der Waals surface area contributed by atoms with Gasteiger partial charge in [0, 0.05) is 18.1 Å². The van der Waals surface area contributed by atoms with Crippen LogP contribution < -0.4 is 10.6 Å². The SMILES string of the molecule is COC(=O)C[C@H](c1ccc([N+](=O)[O-])cc1)[C@H](NC(=O)[C@H](CO)NC(=O)OCc1ccccc1)C(=O)OC. The molecule has 0 unspecified atom stereocenters. The minimum Gasteiger partial charge on any atom is -0.469 e. The number of amides is 2. The first-order valence-corrected chi connectivity index (χ1v) is 11.0. The molecular formula is C24H27N3O10. The van der Waals surface area contributed by atoms with Gasteiger partial charge in [0.05, 0.1) is 32.2 Å². The molecule has 0 aromatic heterocycles. The summed E-state index contributed by atoms with van der Waals surface area (Å²) in [6.45, 7) is -0.919. The average Bonchev–Trinajstić information content (AvgIpc) is 2.92. The van der Waals surface area contributed by atoms with Crippen LogP contribution in [0.4, 0.5) is 10.5 Å². The molecule has 13 nitrogen and oxygen atoms in total. The summed E-state index contributed by atoms with van der Waals surface area (Å²) >= 11 is 0. The highest BCUT2D eigenvalue weighted by Crippen LogP contribution is 2.27. The van der Waals surface area contributed by atoms with Crippen LogP contribution in [0.3, 0.4) is 0 Å². The number of alkyl carbamates (subject to hydrolysis) is 1. The lowest BCUT2D eigenvalue weighted by Gasteiger charge is -2.27. The summed E-state index contributed by atoms with van der Waals surface area (Å²) < 4.78 is 14.5. The molecule has 0 fully saturated rings. The molecule has 0 radical (unpaired) electrons. The molecule has 0 bridgehead atoms. The van der Waals surface area contributed by atoms with Crippen LogP contribution in [-0.2, 0) is 35.2 Å². The van der Waals surface area contributed by atoms with E-state index in [0.29, 0.717) is 11.1 Å². The molecule has 3 atom stereocenters. The minimum atomic E-state index is -1.51. The molecule has 0 spiro atoms. The number of benzene rings is 2. The summed E-state index contributed by atoms with van der Waals surface area (Å²) in [5.41, 5.74) is 0.766. The maximum absolute atomic E-state index is 12.9. The van der Waals surface area contributed by atoms with Gasteiger partial charge in [0.15, 0.2) is 0 Å². The van der Waals surface area contributed by atoms with Gasteiger partial charge in [0.1, 0.15) is 18.7 Å². The number of methoxy groups -OCH3 is 2. The summed E-state index contributed by atoms with van der Waals surface area (Å²) in [4.78, 5) is 60.1. The highest BCUT2D eigenvalue weighted by Gasteiger charge is 2.36. The molecule has 13 heteroatoms. The Morgan fingerprint density at radius 2 is 1.62 bits per heavy atom. The first kappa shape index (κ1) is 28.7. The second-order valence-corrected chi connectivity index (χ2v) is 7.69. The predicted molar refractivity (Wildman–Crippen MR) is 127 cm³/mol. The van der Waals surface area contributed by atoms with E-state index < -0.39 is 59.9 Å². The zero-order valence-corrected chi connectivity index (χ0v) is 20.1. The summed E-state index contributed by atoms with van der Waals surface area (Å²) in [7, 11) is 2.20. The van der Waals surface area contributed by atoms with Crippen molar-refractivity contribution >= 4 is 29.6 Å². The van der Waals surface area contributed by atoms with E-state index in [-0.39, 0.29) is 12.3 Å². The number of carbonyl (C=O) groups is 4. The van der Waals surface area contributed by atoms with Crippen LogP contribution in [0.15, 0.2) is 54.6 Å². The van der Waals surface area contributed by atoms with Crippen molar-refractivity contribution in [3.8, 4) is 0 Å². The quantitative estimate of drug-likeness (QED) is 0.160. The van der Waals surface area contributed by atoms with Gasteiger partial charge < -0.3 is 30.0 Å². The van der Waals surface area contributed by atoms with E-state index >= 15 is 0 Å². The Labute approximate surface area is 211 Å². The number of aliphatic hydroxyl groups excluding tert-OH is 1. The topological polar surface area (TPSA) is 183 Å². The summed E-state index contributed by atoms with van der Waals surface area (Å²) in [5.74, 6) is -3.70. The third-order valence-corrected chi connectivity index (χ3v) is 5.31. The van der Waals surface area contributed by atoms with Crippen LogP contribution in [0.5, 0.6) is 0 Å². The number of nitro benzene ring substituents is 1. The Morgan fingerprint density at radius 1 is 0.973 bits per heavy atom. The van der Waals surface area contributed by atoms with Gasteiger partial charge in [-0.2, -0.15) is 0 Å². The van der Waals surface area contributed by atoms with Gasteiger partial charge in [-0.1, -0.05) is 42.5 Å². The molecule has 2 aromatic rings. The first-order chi connectivity index (χ1) is 17.7. The highest BCUT2D eigenvalue weighted by molar-refractivity contribution is 5.90. The van der Waals surface area contributed by atoms with Crippen molar-refractivity contribution in [3.05, 3.63) is 75.8 Å². The van der Waals surface area contributed by atoms with Gasteiger partial charge in [-0.15, -0.1) is 0 Å². The monoisotopic (exact) mass is 517 g/mol. The van der Waals surface area contributed by atoms with E-state index in [4.69, 9.17) is 14.2 Å². The fourth-order valence-electron chi connectivity index (χ4n) is 3.34. The number of nitrogens with one attached hydrogen (secondary N) is 2. The largest absolute Gasteiger partial charge is 0.469 e. The number of aliphatic hydroxyl groups is 1. The maximum atomic E-state index is 12.9. The van der Waals surface area contributed by atoms with E-state index in [1.54, 1.807) is 30.3 Å². The zero-order valence-electron chi connectivity index (χ0n) is 20.1. The fourth-order valence-corrected chi connectivity index (χ4v) is 3.34. The first-order valence-electron chi connectivity index (χ1n) is 11.0. The maximum Gasteiger partial charge on any atom is 0.408 e. The molecule has 0 heterocycles. The molecule has 2 amide bonds. The molecule has 0 aliphatic carbocycles. The second kappa shape index (κ2) is 14.1. The number of rotatable bonds is 12. The van der Waals surface area contributed by atoms with Crippen LogP contribution in [0.2, 0.25) is 0 Å². The summed E-state index contributed by atoms with van der Waals surface area (Å²) in [6.07, 6.45) is -1.39. The third-order valence-electron chi connectivity index (χ3n) is 5.31. The molecule has 198 valence electrons. The zero-order chi connectivity index (χ0) is 27.4. The van der Waals surface area contributed by atoms with Crippen molar-refractivity contribution in [2.24, 2.45) is 0 Å². The third kappa shape index (κ3) is 8.58. The van der Waals surface area contributed by atoms with Gasteiger partial charge in [-0.05, 0) is 11.1 Å². The van der Waals surface area contributed by atoms with Crippen molar-refractivity contribution in [2.45, 2.75) is 31.0 Å². The summed E-state index contributed by atoms with van der Waals surface area (Å²) in [6, 6.07) is 10.8. The molecular weight excluding hydrogens is 490 g/mol. The van der Waals surface area contributed by atoms with Crippen molar-refractivity contribution in [1.29, 1.82) is 0 Å². The molecule has 3 N–H and O–H groups in total. The average molecular weight is 517 g/mol. The molecule has 2 aromatic carbocycles. The van der Waals surface area contributed by atoms with Crippen molar-refractivity contribution in [2.75, 3.05) is 20.8 Å². The van der Waals surface area contributed by atoms with Crippen molar-refractivity contribution in [3.63, 3.8) is 0 Å². The van der Waals surface area contributed by atoms with E-state index in [1.165, 1.54) is 24.3 Å². The Morgan fingerprint density at radius 3 is 2.16 bits per heavy atom. The number of nitro groups is 1. The fraction of sp³-hybridized carbons (Fsp3) is 0.333. The number of hydrogen-bond donors (Lipinski definition) is 3. The lowest BCUT2D eigenvalue weighted by molar-refractivity contribution is -0.384. The van der Waals surface area contributed by atoms with Crippen molar-refractivity contribution in [1.82, 2.24) is 10.6 Å². The van der Waals surface area contributed by atoms with E-state index in [0.717, 1.165) is 14.2 Å². The lowest BCUT2D eigenvalue weighted by atomic mass is 9.88. The summed E-state index contributed by atoms with van der Waals surface area (Å²) in [5, 5.41) is 25.3. The Balaban J connectivity index is 2.21. The molecule has 0 aliphatic heterocycles. The predicted octanol–water partition coefficient (Wildman–Crippen LogP) is 1.19. The number of esters is 2. The van der Waals surface area contributed by atoms with E-state index in [1.807, 2.05) is 0 Å². The smallest absolute Gasteiger partial charge is 0.408 e. The van der Waals surface area contributed by atoms with E-state index in [9.17, 15) is 34.4 Å². The van der Waals surface area contributed by atoms with Crippen molar-refractivity contribution < 1.29 is 43.4 Å². The minimum absolute atomic E-state index is 0.0847. The Hall–Kier alpha value is -4.52. The van der Waals surface area contributed by atoms with Crippen LogP contribution in [0, 0.1) is 10.1 Å². The molecule has 0 saturated carbocycles. The molecule has 2 rings (SSSR count). The van der Waals surface area contributed by atoms with Gasteiger partial charge >= 0.3 is 18.0 Å². The van der Waals surface area contributed by atoms with Gasteiger partial charge in [-0.3, -0.25) is 19.7 Å². The van der Waals surface area contributed by atoms with E-state index in [2.05, 4.69) is 10.6 Å². The standard InChI is InChI=1S/C24H27N3O10/c1-35-20(29)12-18(16-8-10-17(11-9-16)27(33)34)21(23(31)36-2)26-22(30)19(13-28)25-24(32)37-14-15-6-4-3-5-7-15/h3-11,18-19,21,28H,12-14H2,1-2H3,(H,25,32)(H,26,30)/t18-,19+,21+/m1/s1. The van der Waals surface area contributed by atoms with Gasteiger partial charge in [-0.25, -0.2) is 9.59 Å². The number of non-ortho nitro benzene ring substituents is 1. The van der Waals surface area contributed by atoms with Gasteiger partial charge in [0.2, 0.25) is 5.91 Å².